The number of alkyl halides is 3. The Hall–Kier alpha value is -2.97. The second-order valence-corrected chi connectivity index (χ2v) is 6.26. The average Bonchev–Trinajstić information content (AvgIpc) is 3.16. The standard InChI is InChI=1S/C18H18F3N3O3/c19-18(20,21)13-2-1-3-15(10-13)23-17(26)22-14-4-7-24(8-5-14)16(25)12-6-9-27-11-12/h1-3,6,9-11,14H,4-5,7-8H2,(H2,22,23,26). The van der Waals surface area contributed by atoms with Gasteiger partial charge in [-0.25, -0.2) is 4.79 Å². The van der Waals surface area contributed by atoms with E-state index < -0.39 is 17.8 Å². The molecule has 1 aromatic carbocycles. The monoisotopic (exact) mass is 381 g/mol. The molecule has 3 amide bonds. The van der Waals surface area contributed by atoms with Crippen molar-refractivity contribution in [2.75, 3.05) is 18.4 Å². The molecule has 0 bridgehead atoms. The molecule has 2 heterocycles. The lowest BCUT2D eigenvalue weighted by Crippen LogP contribution is -2.47. The normalized spacial score (nSPS) is 15.4. The van der Waals surface area contributed by atoms with Crippen molar-refractivity contribution < 1.29 is 27.2 Å². The van der Waals surface area contributed by atoms with Gasteiger partial charge in [0.15, 0.2) is 0 Å². The average molecular weight is 381 g/mol. The first kappa shape index (κ1) is 18.8. The van der Waals surface area contributed by atoms with E-state index in [0.717, 1.165) is 12.1 Å². The van der Waals surface area contributed by atoms with Crippen LogP contribution in [0.25, 0.3) is 0 Å². The van der Waals surface area contributed by atoms with Crippen LogP contribution in [0.1, 0.15) is 28.8 Å². The van der Waals surface area contributed by atoms with Crippen molar-refractivity contribution in [2.45, 2.75) is 25.1 Å². The Morgan fingerprint density at radius 1 is 1.15 bits per heavy atom. The number of urea groups is 1. The minimum Gasteiger partial charge on any atom is -0.472 e. The van der Waals surface area contributed by atoms with Gasteiger partial charge in [0.2, 0.25) is 0 Å². The van der Waals surface area contributed by atoms with Gasteiger partial charge in [0.1, 0.15) is 6.26 Å². The lowest BCUT2D eigenvalue weighted by Gasteiger charge is -2.32. The maximum Gasteiger partial charge on any atom is 0.416 e. The third kappa shape index (κ3) is 4.81. The first-order chi connectivity index (χ1) is 12.8. The van der Waals surface area contributed by atoms with Gasteiger partial charge < -0.3 is 20.0 Å². The summed E-state index contributed by atoms with van der Waals surface area (Å²) >= 11 is 0. The molecule has 1 saturated heterocycles. The molecule has 6 nitrogen and oxygen atoms in total. The van der Waals surface area contributed by atoms with Crippen LogP contribution in [0.2, 0.25) is 0 Å². The Balaban J connectivity index is 1.49. The van der Waals surface area contributed by atoms with Crippen LogP contribution in [0.15, 0.2) is 47.3 Å². The predicted octanol–water partition coefficient (Wildman–Crippen LogP) is 3.72. The van der Waals surface area contributed by atoms with E-state index in [1.807, 2.05) is 0 Å². The third-order valence-corrected chi connectivity index (χ3v) is 4.33. The van der Waals surface area contributed by atoms with E-state index in [9.17, 15) is 22.8 Å². The number of anilines is 1. The van der Waals surface area contributed by atoms with Gasteiger partial charge in [0.05, 0.1) is 17.4 Å². The van der Waals surface area contributed by atoms with Crippen molar-refractivity contribution in [3.05, 3.63) is 54.0 Å². The number of likely N-dealkylation sites (tertiary alicyclic amines) is 1. The molecular formula is C18H18F3N3O3. The van der Waals surface area contributed by atoms with Crippen LogP contribution in [-0.4, -0.2) is 36.0 Å². The zero-order valence-corrected chi connectivity index (χ0v) is 14.3. The predicted molar refractivity (Wildman–Crippen MR) is 91.2 cm³/mol. The number of nitrogens with one attached hydrogen (secondary N) is 2. The number of nitrogens with zero attached hydrogens (tertiary/aromatic N) is 1. The van der Waals surface area contributed by atoms with E-state index in [0.29, 0.717) is 31.5 Å². The number of carbonyl (C=O) groups excluding carboxylic acids is 2. The Kier molecular flexibility index (Phi) is 5.38. The summed E-state index contributed by atoms with van der Waals surface area (Å²) in [6, 6.07) is 5.30. The Morgan fingerprint density at radius 3 is 2.52 bits per heavy atom. The van der Waals surface area contributed by atoms with Crippen molar-refractivity contribution in [3.63, 3.8) is 0 Å². The molecule has 2 N–H and O–H groups in total. The molecule has 0 radical (unpaired) electrons. The number of rotatable bonds is 3. The van der Waals surface area contributed by atoms with E-state index in [1.54, 1.807) is 11.0 Å². The van der Waals surface area contributed by atoms with Crippen LogP contribution in [0.4, 0.5) is 23.7 Å². The highest BCUT2D eigenvalue weighted by atomic mass is 19.4. The number of furan rings is 1. The molecular weight excluding hydrogens is 363 g/mol. The molecule has 1 fully saturated rings. The highest BCUT2D eigenvalue weighted by Crippen LogP contribution is 2.30. The van der Waals surface area contributed by atoms with E-state index in [2.05, 4.69) is 10.6 Å². The summed E-state index contributed by atoms with van der Waals surface area (Å²) in [4.78, 5) is 25.9. The quantitative estimate of drug-likeness (QED) is 0.851. The minimum absolute atomic E-state index is 0.0647. The Bertz CT molecular complexity index is 798. The Labute approximate surface area is 153 Å². The fraction of sp³-hybridized carbons (Fsp3) is 0.333. The summed E-state index contributed by atoms with van der Waals surface area (Å²) in [6.45, 7) is 0.942. The van der Waals surface area contributed by atoms with Gasteiger partial charge in [-0.1, -0.05) is 6.07 Å². The smallest absolute Gasteiger partial charge is 0.416 e. The first-order valence-corrected chi connectivity index (χ1v) is 8.39. The van der Waals surface area contributed by atoms with Crippen LogP contribution in [-0.2, 0) is 6.18 Å². The number of hydrogen-bond donors (Lipinski definition) is 2. The van der Waals surface area contributed by atoms with Gasteiger partial charge in [0, 0.05) is 24.8 Å². The minimum atomic E-state index is -4.47. The SMILES string of the molecule is O=C(Nc1cccc(C(F)(F)F)c1)NC1CCN(C(=O)c2ccoc2)CC1. The molecule has 3 rings (SSSR count). The number of benzene rings is 1. The van der Waals surface area contributed by atoms with Gasteiger partial charge in [-0.15, -0.1) is 0 Å². The van der Waals surface area contributed by atoms with Crippen molar-refractivity contribution >= 4 is 17.6 Å². The Morgan fingerprint density at radius 2 is 1.89 bits per heavy atom. The number of hydrogen-bond acceptors (Lipinski definition) is 3. The number of halogens is 3. The molecule has 1 aromatic heterocycles. The molecule has 0 saturated carbocycles. The zero-order chi connectivity index (χ0) is 19.4. The van der Waals surface area contributed by atoms with E-state index in [1.165, 1.54) is 24.7 Å². The molecule has 27 heavy (non-hydrogen) atoms. The zero-order valence-electron chi connectivity index (χ0n) is 14.3. The second kappa shape index (κ2) is 7.73. The molecule has 2 aromatic rings. The molecule has 0 spiro atoms. The van der Waals surface area contributed by atoms with Gasteiger partial charge >= 0.3 is 12.2 Å². The molecule has 1 aliphatic rings. The lowest BCUT2D eigenvalue weighted by molar-refractivity contribution is -0.137. The maximum absolute atomic E-state index is 12.7. The van der Waals surface area contributed by atoms with Crippen molar-refractivity contribution in [2.24, 2.45) is 0 Å². The van der Waals surface area contributed by atoms with Gasteiger partial charge in [-0.05, 0) is 37.1 Å². The summed E-state index contributed by atoms with van der Waals surface area (Å²) in [7, 11) is 0. The second-order valence-electron chi connectivity index (χ2n) is 6.26. The third-order valence-electron chi connectivity index (χ3n) is 4.33. The van der Waals surface area contributed by atoms with E-state index >= 15 is 0 Å². The summed E-state index contributed by atoms with van der Waals surface area (Å²) in [5.41, 5.74) is -0.287. The van der Waals surface area contributed by atoms with Crippen LogP contribution < -0.4 is 10.6 Å². The number of piperidine rings is 1. The van der Waals surface area contributed by atoms with E-state index in [4.69, 9.17) is 4.42 Å². The largest absolute Gasteiger partial charge is 0.472 e. The highest BCUT2D eigenvalue weighted by Gasteiger charge is 2.30. The topological polar surface area (TPSA) is 74.6 Å². The fourth-order valence-corrected chi connectivity index (χ4v) is 2.92. The summed E-state index contributed by atoms with van der Waals surface area (Å²) < 4.78 is 43.0. The van der Waals surface area contributed by atoms with Crippen molar-refractivity contribution in [3.8, 4) is 0 Å². The summed E-state index contributed by atoms with van der Waals surface area (Å²) in [5.74, 6) is -0.129. The summed E-state index contributed by atoms with van der Waals surface area (Å²) in [6.07, 6.45) is -0.545. The van der Waals surface area contributed by atoms with Crippen molar-refractivity contribution in [1.29, 1.82) is 0 Å². The first-order valence-electron chi connectivity index (χ1n) is 8.39. The van der Waals surface area contributed by atoms with Crippen LogP contribution >= 0.6 is 0 Å². The molecule has 144 valence electrons. The van der Waals surface area contributed by atoms with Crippen LogP contribution in [0, 0.1) is 0 Å². The van der Waals surface area contributed by atoms with Crippen LogP contribution in [0.3, 0.4) is 0 Å². The summed E-state index contributed by atoms with van der Waals surface area (Å²) in [5, 5.41) is 5.15. The van der Waals surface area contributed by atoms with Gasteiger partial charge in [0.25, 0.3) is 5.91 Å². The molecule has 0 aliphatic carbocycles. The fourth-order valence-electron chi connectivity index (χ4n) is 2.92. The lowest BCUT2D eigenvalue weighted by atomic mass is 10.0. The number of carbonyl (C=O) groups is 2. The molecule has 0 unspecified atom stereocenters. The van der Waals surface area contributed by atoms with E-state index in [-0.39, 0.29) is 17.6 Å². The highest BCUT2D eigenvalue weighted by molar-refractivity contribution is 5.94. The molecule has 1 aliphatic heterocycles. The van der Waals surface area contributed by atoms with Crippen molar-refractivity contribution in [1.82, 2.24) is 10.2 Å². The maximum atomic E-state index is 12.7. The molecule has 0 atom stereocenters. The molecule has 9 heteroatoms. The van der Waals surface area contributed by atoms with Gasteiger partial charge in [-0.2, -0.15) is 13.2 Å². The number of amides is 3. The van der Waals surface area contributed by atoms with Gasteiger partial charge in [-0.3, -0.25) is 4.79 Å². The van der Waals surface area contributed by atoms with Crippen LogP contribution in [0.5, 0.6) is 0 Å².